The molecule has 46 heavy (non-hydrogen) atoms. The molecule has 3 aromatic heterocycles. The first-order chi connectivity index (χ1) is 22.7. The third-order valence-corrected chi connectivity index (χ3v) is 11.6. The zero-order chi connectivity index (χ0) is 30.5. The first kappa shape index (κ1) is 25.7. The first-order valence-corrected chi connectivity index (χ1v) is 16.7. The van der Waals surface area contributed by atoms with Gasteiger partial charge < -0.3 is 4.57 Å². The summed E-state index contributed by atoms with van der Waals surface area (Å²) >= 11 is 3.53. The van der Waals surface area contributed by atoms with Gasteiger partial charge in [-0.1, -0.05) is 78.9 Å². The molecule has 0 atom stereocenters. The van der Waals surface area contributed by atoms with E-state index in [2.05, 4.69) is 108 Å². The maximum Gasteiger partial charge on any atom is 0.277 e. The highest BCUT2D eigenvalue weighted by Crippen LogP contribution is 2.50. The highest BCUT2D eigenvalue weighted by atomic mass is 32.1. The number of hydrogen-bond acceptors (Lipinski definition) is 4. The predicted octanol–water partition coefficient (Wildman–Crippen LogP) is 12.2. The van der Waals surface area contributed by atoms with Crippen molar-refractivity contribution in [2.75, 3.05) is 0 Å². The number of nitro benzene ring substituents is 1. The molecule has 0 saturated carbocycles. The topological polar surface area (TPSA) is 48.1 Å². The average molecular weight is 627 g/mol. The molecule has 3 heterocycles. The van der Waals surface area contributed by atoms with E-state index in [9.17, 15) is 10.1 Å². The Morgan fingerprint density at radius 2 is 1.13 bits per heavy atom. The van der Waals surface area contributed by atoms with Crippen molar-refractivity contribution in [1.29, 1.82) is 0 Å². The summed E-state index contributed by atoms with van der Waals surface area (Å²) in [6.07, 6.45) is 0. The van der Waals surface area contributed by atoms with Gasteiger partial charge in [-0.25, -0.2) is 0 Å². The van der Waals surface area contributed by atoms with Gasteiger partial charge >= 0.3 is 0 Å². The molecule has 0 saturated heterocycles. The van der Waals surface area contributed by atoms with Crippen molar-refractivity contribution < 1.29 is 4.92 Å². The minimum atomic E-state index is -0.246. The van der Waals surface area contributed by atoms with Crippen LogP contribution in [0, 0.1) is 10.1 Å². The van der Waals surface area contributed by atoms with E-state index in [1.54, 1.807) is 17.4 Å². The van der Waals surface area contributed by atoms with Crippen molar-refractivity contribution in [2.24, 2.45) is 0 Å². The third kappa shape index (κ3) is 3.48. The van der Waals surface area contributed by atoms with Crippen molar-refractivity contribution in [2.45, 2.75) is 0 Å². The normalized spacial score (nSPS) is 12.1. The van der Waals surface area contributed by atoms with Crippen molar-refractivity contribution in [3.8, 4) is 16.8 Å². The van der Waals surface area contributed by atoms with Crippen LogP contribution in [0.15, 0.2) is 133 Å². The van der Waals surface area contributed by atoms with E-state index in [1.165, 1.54) is 41.0 Å². The molecular formula is C40H22N2O2S2. The lowest BCUT2D eigenvalue weighted by Crippen LogP contribution is -1.98. The van der Waals surface area contributed by atoms with E-state index < -0.39 is 0 Å². The van der Waals surface area contributed by atoms with Crippen LogP contribution in [-0.2, 0) is 0 Å². The molecule has 6 heteroatoms. The molecular weight excluding hydrogens is 605 g/mol. The van der Waals surface area contributed by atoms with Crippen molar-refractivity contribution in [3.63, 3.8) is 0 Å². The van der Waals surface area contributed by atoms with Crippen LogP contribution in [0.3, 0.4) is 0 Å². The van der Waals surface area contributed by atoms with Gasteiger partial charge in [-0.3, -0.25) is 10.1 Å². The molecule has 10 rings (SSSR count). The Hall–Kier alpha value is -5.56. The lowest BCUT2D eigenvalue weighted by atomic mass is 9.93. The van der Waals surface area contributed by atoms with Crippen LogP contribution in [-0.4, -0.2) is 9.49 Å². The second-order valence-corrected chi connectivity index (χ2v) is 13.8. The van der Waals surface area contributed by atoms with E-state index in [1.807, 2.05) is 35.6 Å². The summed E-state index contributed by atoms with van der Waals surface area (Å²) in [6, 6.07) is 46.0. The Balaban J connectivity index is 1.36. The Morgan fingerprint density at radius 1 is 0.522 bits per heavy atom. The fourth-order valence-electron chi connectivity index (χ4n) is 7.37. The zero-order valence-corrected chi connectivity index (χ0v) is 25.9. The minimum Gasteiger partial charge on any atom is -0.309 e. The molecule has 0 amide bonds. The number of nitrogens with zero attached hydrogens (tertiary/aromatic N) is 2. The second-order valence-electron chi connectivity index (χ2n) is 11.7. The maximum absolute atomic E-state index is 12.7. The summed E-state index contributed by atoms with van der Waals surface area (Å²) in [6.45, 7) is 0. The molecule has 0 unspecified atom stereocenters. The summed E-state index contributed by atoms with van der Waals surface area (Å²) in [5, 5.41) is 22.1. The smallest absolute Gasteiger partial charge is 0.277 e. The van der Waals surface area contributed by atoms with Gasteiger partial charge in [-0.05, 0) is 53.9 Å². The van der Waals surface area contributed by atoms with Crippen molar-refractivity contribution in [3.05, 3.63) is 144 Å². The number of aromatic nitrogens is 1. The first-order valence-electron chi connectivity index (χ1n) is 15.1. The van der Waals surface area contributed by atoms with Gasteiger partial charge in [0.25, 0.3) is 5.69 Å². The van der Waals surface area contributed by atoms with Crippen LogP contribution in [0.4, 0.5) is 5.69 Å². The van der Waals surface area contributed by atoms with E-state index in [0.717, 1.165) is 43.1 Å². The fourth-order valence-corrected chi connectivity index (χ4v) is 9.72. The molecule has 0 spiro atoms. The minimum absolute atomic E-state index is 0.102. The van der Waals surface area contributed by atoms with Gasteiger partial charge in [0, 0.05) is 73.8 Å². The largest absolute Gasteiger partial charge is 0.309 e. The lowest BCUT2D eigenvalue weighted by Gasteiger charge is -2.13. The Labute approximate surface area is 270 Å². The van der Waals surface area contributed by atoms with Crippen LogP contribution < -0.4 is 0 Å². The fraction of sp³-hybridized carbons (Fsp3) is 0. The second kappa shape index (κ2) is 9.47. The van der Waals surface area contributed by atoms with Crippen LogP contribution in [0.1, 0.15) is 0 Å². The molecule has 10 aromatic rings. The molecule has 0 aliphatic heterocycles. The molecule has 0 aliphatic rings. The number of para-hydroxylation sites is 2. The average Bonchev–Trinajstić information content (AvgIpc) is 3.77. The number of rotatable bonds is 3. The quantitative estimate of drug-likeness (QED) is 0.145. The summed E-state index contributed by atoms with van der Waals surface area (Å²) < 4.78 is 6.97. The molecule has 4 nitrogen and oxygen atoms in total. The van der Waals surface area contributed by atoms with Gasteiger partial charge in [0.1, 0.15) is 0 Å². The Morgan fingerprint density at radius 3 is 1.83 bits per heavy atom. The number of fused-ring (bicyclic) bond motifs is 12. The van der Waals surface area contributed by atoms with Gasteiger partial charge in [0.2, 0.25) is 0 Å². The highest BCUT2D eigenvalue weighted by molar-refractivity contribution is 7.27. The third-order valence-electron chi connectivity index (χ3n) is 9.27. The molecule has 0 N–H and O–H groups in total. The summed E-state index contributed by atoms with van der Waals surface area (Å²) in [4.78, 5) is 12.4. The molecule has 0 bridgehead atoms. The number of benzene rings is 7. The van der Waals surface area contributed by atoms with Crippen molar-refractivity contribution >= 4 is 101 Å². The van der Waals surface area contributed by atoms with Crippen LogP contribution >= 0.6 is 22.7 Å². The molecule has 216 valence electrons. The molecule has 0 radical (unpaired) electrons. The zero-order valence-electron chi connectivity index (χ0n) is 24.2. The lowest BCUT2D eigenvalue weighted by molar-refractivity contribution is -0.384. The maximum atomic E-state index is 12.7. The molecule has 7 aromatic carbocycles. The number of thiophene rings is 2. The summed E-state index contributed by atoms with van der Waals surface area (Å²) in [5.74, 6) is 0. The van der Waals surface area contributed by atoms with Gasteiger partial charge in [-0.15, -0.1) is 22.7 Å². The SMILES string of the molecule is O=[N+]([O-])c1ccc(-n2c3ccccc3c3ccccc32)cc1-c1cc2ccc3sc4ccccc4c3c2c2c1sc1ccccc12. The monoisotopic (exact) mass is 626 g/mol. The van der Waals surface area contributed by atoms with Crippen LogP contribution in [0.5, 0.6) is 0 Å². The molecule has 0 aliphatic carbocycles. The highest BCUT2D eigenvalue weighted by Gasteiger charge is 2.24. The van der Waals surface area contributed by atoms with Gasteiger partial charge in [0.15, 0.2) is 0 Å². The summed E-state index contributed by atoms with van der Waals surface area (Å²) in [7, 11) is 0. The van der Waals surface area contributed by atoms with E-state index >= 15 is 0 Å². The number of nitro groups is 1. The van der Waals surface area contributed by atoms with E-state index in [-0.39, 0.29) is 10.6 Å². The summed E-state index contributed by atoms with van der Waals surface area (Å²) in [5.41, 5.74) is 4.65. The Bertz CT molecular complexity index is 2860. The standard InChI is InChI=1S/C40H22N2O2S2/c43-42(44)33-19-18-24(41-31-13-5-1-9-25(31)26-10-2-6-14-32(26)41)22-29(33)30-21-23-17-20-36-38(27-11-3-7-15-34(27)45-36)37(23)39-28-12-4-8-16-35(28)46-40(30)39/h1-22H. The predicted molar refractivity (Wildman–Crippen MR) is 196 cm³/mol. The van der Waals surface area contributed by atoms with Crippen LogP contribution in [0.2, 0.25) is 0 Å². The van der Waals surface area contributed by atoms with Crippen LogP contribution in [0.25, 0.3) is 89.7 Å². The van der Waals surface area contributed by atoms with Gasteiger partial charge in [0.05, 0.1) is 21.5 Å². The Kier molecular flexibility index (Phi) is 5.30. The number of hydrogen-bond donors (Lipinski definition) is 0. The van der Waals surface area contributed by atoms with Gasteiger partial charge in [-0.2, -0.15) is 0 Å². The molecule has 0 fully saturated rings. The van der Waals surface area contributed by atoms with E-state index in [4.69, 9.17) is 0 Å². The van der Waals surface area contributed by atoms with Crippen molar-refractivity contribution in [1.82, 2.24) is 4.57 Å². The van der Waals surface area contributed by atoms with E-state index in [0.29, 0.717) is 5.56 Å².